The number of amides is 1. The van der Waals surface area contributed by atoms with Crippen LogP contribution in [0, 0.1) is 6.92 Å². The number of rotatable bonds is 4. The largest absolute Gasteiger partial charge is 0.496 e. The predicted octanol–water partition coefficient (Wildman–Crippen LogP) is 2.85. The fourth-order valence-electron chi connectivity index (χ4n) is 3.73. The predicted molar refractivity (Wildman–Crippen MR) is 117 cm³/mol. The Morgan fingerprint density at radius 2 is 1.90 bits per heavy atom. The summed E-state index contributed by atoms with van der Waals surface area (Å²) in [5, 5.41) is 0.456. The first-order chi connectivity index (χ1) is 13.9. The zero-order chi connectivity index (χ0) is 20.6. The second-order valence-electron chi connectivity index (χ2n) is 7.28. The third-order valence-corrected chi connectivity index (χ3v) is 8.34. The molecular formula is C21H22N2O4S2. The minimum atomic E-state index is -3.08. The van der Waals surface area contributed by atoms with E-state index in [1.165, 1.54) is 11.8 Å². The lowest BCUT2D eigenvalue weighted by atomic mass is 10.1. The summed E-state index contributed by atoms with van der Waals surface area (Å²) >= 11 is 1.38. The van der Waals surface area contributed by atoms with Gasteiger partial charge in [0.25, 0.3) is 5.91 Å². The summed E-state index contributed by atoms with van der Waals surface area (Å²) in [4.78, 5) is 19.0. The van der Waals surface area contributed by atoms with Crippen molar-refractivity contribution in [2.75, 3.05) is 23.5 Å². The summed E-state index contributed by atoms with van der Waals surface area (Å²) in [5.74, 6) is 0.568. The van der Waals surface area contributed by atoms with Crippen molar-refractivity contribution >= 4 is 38.4 Å². The number of carbonyl (C=O) groups excluding carboxylic acids is 1. The quantitative estimate of drug-likeness (QED) is 0.743. The van der Waals surface area contributed by atoms with Gasteiger partial charge in [0, 0.05) is 16.5 Å². The summed E-state index contributed by atoms with van der Waals surface area (Å²) in [6, 6.07) is 15.0. The minimum Gasteiger partial charge on any atom is -0.496 e. The highest BCUT2D eigenvalue weighted by atomic mass is 32.2. The van der Waals surface area contributed by atoms with Crippen LogP contribution >= 0.6 is 11.8 Å². The average molecular weight is 431 g/mol. The molecule has 2 aliphatic heterocycles. The van der Waals surface area contributed by atoms with Crippen molar-refractivity contribution < 1.29 is 17.9 Å². The molecule has 2 atom stereocenters. The van der Waals surface area contributed by atoms with E-state index in [0.717, 1.165) is 16.8 Å². The molecule has 29 heavy (non-hydrogen) atoms. The number of sulfone groups is 1. The standard InChI is InChI=1S/C21H22N2O4S2/c1-14-7-9-16(10-8-14)23-17-12-29(25,26)13-19(17)28-21(23)22-20(24)11-15-5-3-4-6-18(15)27-2/h3-10,17,19H,11-13H2,1-2H3/t17-,19+/m0/s1. The molecule has 8 heteroatoms. The van der Waals surface area contributed by atoms with E-state index >= 15 is 0 Å². The number of anilines is 1. The smallest absolute Gasteiger partial charge is 0.252 e. The second-order valence-corrected chi connectivity index (χ2v) is 10.6. The molecule has 0 radical (unpaired) electrons. The van der Waals surface area contributed by atoms with Crippen molar-refractivity contribution in [2.24, 2.45) is 4.99 Å². The Morgan fingerprint density at radius 1 is 1.17 bits per heavy atom. The Balaban J connectivity index is 1.64. The highest BCUT2D eigenvalue weighted by molar-refractivity contribution is 8.16. The normalized spacial score (nSPS) is 23.9. The third-order valence-electron chi connectivity index (χ3n) is 5.13. The number of amidine groups is 1. The summed E-state index contributed by atoms with van der Waals surface area (Å²) < 4.78 is 29.6. The lowest BCUT2D eigenvalue weighted by molar-refractivity contribution is -0.117. The fourth-order valence-corrected chi connectivity index (χ4v) is 7.66. The number of ether oxygens (including phenoxy) is 1. The van der Waals surface area contributed by atoms with Gasteiger partial charge in [-0.3, -0.25) is 4.79 Å². The van der Waals surface area contributed by atoms with Gasteiger partial charge in [-0.25, -0.2) is 8.42 Å². The molecule has 2 saturated heterocycles. The van der Waals surface area contributed by atoms with Crippen LogP contribution in [0.4, 0.5) is 5.69 Å². The number of thioether (sulfide) groups is 1. The Labute approximate surface area is 174 Å². The lowest BCUT2D eigenvalue weighted by Crippen LogP contribution is -2.37. The third kappa shape index (κ3) is 4.18. The maximum Gasteiger partial charge on any atom is 0.252 e. The number of hydrogen-bond acceptors (Lipinski definition) is 5. The number of methoxy groups -OCH3 is 1. The van der Waals surface area contributed by atoms with E-state index in [2.05, 4.69) is 4.99 Å². The summed E-state index contributed by atoms with van der Waals surface area (Å²) in [7, 11) is -1.51. The highest BCUT2D eigenvalue weighted by Gasteiger charge is 2.49. The molecular weight excluding hydrogens is 408 g/mol. The molecule has 0 aromatic heterocycles. The first-order valence-electron chi connectivity index (χ1n) is 9.33. The van der Waals surface area contributed by atoms with Gasteiger partial charge >= 0.3 is 0 Å². The number of hydrogen-bond donors (Lipinski definition) is 0. The van der Waals surface area contributed by atoms with E-state index < -0.39 is 9.84 Å². The fraction of sp³-hybridized carbons (Fsp3) is 0.333. The molecule has 2 aromatic carbocycles. The number of para-hydroxylation sites is 1. The molecule has 6 nitrogen and oxygen atoms in total. The van der Waals surface area contributed by atoms with Crippen molar-refractivity contribution in [3.05, 3.63) is 59.7 Å². The van der Waals surface area contributed by atoms with Gasteiger partial charge in [-0.05, 0) is 25.1 Å². The van der Waals surface area contributed by atoms with Gasteiger partial charge < -0.3 is 9.64 Å². The van der Waals surface area contributed by atoms with Gasteiger partial charge in [-0.15, -0.1) is 0 Å². The number of aryl methyl sites for hydroxylation is 1. The molecule has 2 aliphatic rings. The van der Waals surface area contributed by atoms with Crippen LogP contribution in [0.5, 0.6) is 5.75 Å². The van der Waals surface area contributed by atoms with E-state index in [1.807, 2.05) is 60.4 Å². The van der Waals surface area contributed by atoms with E-state index in [1.54, 1.807) is 7.11 Å². The second kappa shape index (κ2) is 7.84. The molecule has 2 heterocycles. The Kier molecular flexibility index (Phi) is 5.40. The SMILES string of the molecule is COc1ccccc1CC(=O)N=C1S[C@@H]2CS(=O)(=O)C[C@@H]2N1c1ccc(C)cc1. The zero-order valence-electron chi connectivity index (χ0n) is 16.2. The van der Waals surface area contributed by atoms with Crippen LogP contribution in [0.3, 0.4) is 0 Å². The van der Waals surface area contributed by atoms with E-state index in [0.29, 0.717) is 10.9 Å². The molecule has 1 amide bonds. The van der Waals surface area contributed by atoms with Crippen molar-refractivity contribution in [2.45, 2.75) is 24.6 Å². The van der Waals surface area contributed by atoms with Gasteiger partial charge in [0.1, 0.15) is 5.75 Å². The van der Waals surface area contributed by atoms with Crippen LogP contribution in [0.25, 0.3) is 0 Å². The highest BCUT2D eigenvalue weighted by Crippen LogP contribution is 2.41. The molecule has 2 aromatic rings. The summed E-state index contributed by atoms with van der Waals surface area (Å²) in [6.45, 7) is 2.00. The Morgan fingerprint density at radius 3 is 2.62 bits per heavy atom. The van der Waals surface area contributed by atoms with Crippen LogP contribution in [-0.4, -0.2) is 49.4 Å². The Bertz CT molecular complexity index is 1060. The van der Waals surface area contributed by atoms with Crippen LogP contribution in [0.2, 0.25) is 0 Å². The monoisotopic (exact) mass is 430 g/mol. The van der Waals surface area contributed by atoms with Gasteiger partial charge in [0.2, 0.25) is 0 Å². The minimum absolute atomic E-state index is 0.0816. The van der Waals surface area contributed by atoms with Crippen LogP contribution in [-0.2, 0) is 21.1 Å². The molecule has 152 valence electrons. The summed E-state index contributed by atoms with van der Waals surface area (Å²) in [6.07, 6.45) is 0.128. The van der Waals surface area contributed by atoms with E-state index in [4.69, 9.17) is 4.74 Å². The van der Waals surface area contributed by atoms with Crippen LogP contribution in [0.1, 0.15) is 11.1 Å². The summed E-state index contributed by atoms with van der Waals surface area (Å²) in [5.41, 5.74) is 2.75. The van der Waals surface area contributed by atoms with Crippen molar-refractivity contribution in [3.63, 3.8) is 0 Å². The first kappa shape index (κ1) is 20.0. The van der Waals surface area contributed by atoms with E-state index in [-0.39, 0.29) is 35.1 Å². The van der Waals surface area contributed by atoms with E-state index in [9.17, 15) is 13.2 Å². The number of carbonyl (C=O) groups is 1. The molecule has 4 rings (SSSR count). The maximum atomic E-state index is 12.7. The number of benzene rings is 2. The zero-order valence-corrected chi connectivity index (χ0v) is 17.9. The molecule has 2 fully saturated rings. The lowest BCUT2D eigenvalue weighted by Gasteiger charge is -2.24. The van der Waals surface area contributed by atoms with Gasteiger partial charge in [0.05, 0.1) is 31.1 Å². The first-order valence-corrected chi connectivity index (χ1v) is 12.0. The van der Waals surface area contributed by atoms with Crippen molar-refractivity contribution in [1.29, 1.82) is 0 Å². The maximum absolute atomic E-state index is 12.7. The van der Waals surface area contributed by atoms with Gasteiger partial charge in [-0.2, -0.15) is 4.99 Å². The number of fused-ring (bicyclic) bond motifs is 1. The van der Waals surface area contributed by atoms with Crippen molar-refractivity contribution in [1.82, 2.24) is 0 Å². The molecule has 0 unspecified atom stereocenters. The van der Waals surface area contributed by atoms with Gasteiger partial charge in [0.15, 0.2) is 15.0 Å². The molecule has 0 N–H and O–H groups in total. The number of aliphatic imine (C=N–C) groups is 1. The number of nitrogens with zero attached hydrogens (tertiary/aromatic N) is 2. The molecule has 0 bridgehead atoms. The van der Waals surface area contributed by atoms with Crippen LogP contribution in [0.15, 0.2) is 53.5 Å². The molecule has 0 saturated carbocycles. The topological polar surface area (TPSA) is 76.0 Å². The van der Waals surface area contributed by atoms with Gasteiger partial charge in [-0.1, -0.05) is 47.7 Å². The van der Waals surface area contributed by atoms with Crippen LogP contribution < -0.4 is 9.64 Å². The molecule has 0 spiro atoms. The average Bonchev–Trinajstić information content (AvgIpc) is 3.13. The molecule has 0 aliphatic carbocycles. The van der Waals surface area contributed by atoms with Crippen molar-refractivity contribution in [3.8, 4) is 5.75 Å². The Hall–Kier alpha value is -2.32.